The Balaban J connectivity index is 2.10. The normalized spacial score (nSPS) is 18.9. The van der Waals surface area contributed by atoms with Gasteiger partial charge in [0, 0.05) is 0 Å². The van der Waals surface area contributed by atoms with Crippen molar-refractivity contribution in [2.45, 2.75) is 39.2 Å². The maximum atomic E-state index is 11.5. The SMILES string of the molecule is CCCCc1ccccc1ON1C(=O)OCC1C. The van der Waals surface area contributed by atoms with Gasteiger partial charge in [-0.25, -0.2) is 4.79 Å². The first-order valence-corrected chi connectivity index (χ1v) is 6.44. The second kappa shape index (κ2) is 5.76. The quantitative estimate of drug-likeness (QED) is 0.804. The number of cyclic esters (lactones) is 1. The van der Waals surface area contributed by atoms with Gasteiger partial charge in [0.1, 0.15) is 12.6 Å². The van der Waals surface area contributed by atoms with Crippen LogP contribution in [0.1, 0.15) is 32.3 Å². The summed E-state index contributed by atoms with van der Waals surface area (Å²) in [5.41, 5.74) is 1.13. The predicted molar refractivity (Wildman–Crippen MR) is 68.3 cm³/mol. The van der Waals surface area contributed by atoms with Crippen LogP contribution in [-0.2, 0) is 11.2 Å². The number of rotatable bonds is 5. The number of unbranched alkanes of at least 4 members (excludes halogenated alkanes) is 1. The van der Waals surface area contributed by atoms with Crippen LogP contribution < -0.4 is 4.84 Å². The summed E-state index contributed by atoms with van der Waals surface area (Å²) in [7, 11) is 0. The molecule has 0 saturated carbocycles. The molecule has 1 atom stereocenters. The van der Waals surface area contributed by atoms with Crippen LogP contribution in [0.3, 0.4) is 0 Å². The summed E-state index contributed by atoms with van der Waals surface area (Å²) in [6, 6.07) is 7.79. The zero-order valence-electron chi connectivity index (χ0n) is 10.9. The number of amides is 1. The van der Waals surface area contributed by atoms with E-state index >= 15 is 0 Å². The van der Waals surface area contributed by atoms with Gasteiger partial charge < -0.3 is 9.57 Å². The van der Waals surface area contributed by atoms with Crippen LogP contribution in [0, 0.1) is 0 Å². The molecule has 18 heavy (non-hydrogen) atoms. The second-order valence-electron chi connectivity index (χ2n) is 4.55. The number of aryl methyl sites for hydroxylation is 1. The maximum absolute atomic E-state index is 11.5. The third-order valence-corrected chi connectivity index (χ3v) is 3.00. The highest BCUT2D eigenvalue weighted by Gasteiger charge is 2.32. The predicted octanol–water partition coefficient (Wildman–Crippen LogP) is 3.16. The summed E-state index contributed by atoms with van der Waals surface area (Å²) in [6.07, 6.45) is 2.80. The van der Waals surface area contributed by atoms with E-state index in [0.717, 1.165) is 30.6 Å². The van der Waals surface area contributed by atoms with Crippen molar-refractivity contribution < 1.29 is 14.4 Å². The highest BCUT2D eigenvalue weighted by Crippen LogP contribution is 2.23. The fourth-order valence-electron chi connectivity index (χ4n) is 1.90. The number of nitrogens with zero attached hydrogens (tertiary/aromatic N) is 1. The van der Waals surface area contributed by atoms with Crippen molar-refractivity contribution in [3.8, 4) is 5.75 Å². The molecule has 4 nitrogen and oxygen atoms in total. The zero-order valence-corrected chi connectivity index (χ0v) is 10.9. The van der Waals surface area contributed by atoms with E-state index in [1.54, 1.807) is 0 Å². The molecular weight excluding hydrogens is 230 g/mol. The largest absolute Gasteiger partial charge is 0.445 e. The molecule has 1 amide bonds. The van der Waals surface area contributed by atoms with Gasteiger partial charge in [-0.05, 0) is 31.4 Å². The Morgan fingerprint density at radius 1 is 1.44 bits per heavy atom. The third kappa shape index (κ3) is 2.75. The lowest BCUT2D eigenvalue weighted by Gasteiger charge is -2.19. The van der Waals surface area contributed by atoms with Gasteiger partial charge in [-0.1, -0.05) is 31.5 Å². The van der Waals surface area contributed by atoms with Gasteiger partial charge in [-0.2, -0.15) is 0 Å². The number of hydrogen-bond donors (Lipinski definition) is 0. The Morgan fingerprint density at radius 2 is 2.22 bits per heavy atom. The minimum absolute atomic E-state index is 0.0447. The molecule has 0 N–H and O–H groups in total. The second-order valence-corrected chi connectivity index (χ2v) is 4.55. The molecule has 1 heterocycles. The van der Waals surface area contributed by atoms with E-state index in [4.69, 9.17) is 9.57 Å². The molecule has 1 aliphatic heterocycles. The molecule has 1 aromatic rings. The molecule has 1 unspecified atom stereocenters. The van der Waals surface area contributed by atoms with Crippen molar-refractivity contribution in [1.29, 1.82) is 0 Å². The Kier molecular flexibility index (Phi) is 4.07. The van der Waals surface area contributed by atoms with Gasteiger partial charge in [-0.3, -0.25) is 0 Å². The molecule has 0 aromatic heterocycles. The Hall–Kier alpha value is -1.71. The zero-order chi connectivity index (χ0) is 13.0. The minimum atomic E-state index is -0.409. The van der Waals surface area contributed by atoms with Crippen LogP contribution in [0.4, 0.5) is 4.79 Å². The molecular formula is C14H19NO3. The molecule has 98 valence electrons. The van der Waals surface area contributed by atoms with Crippen molar-refractivity contribution in [1.82, 2.24) is 5.06 Å². The molecule has 2 rings (SSSR count). The van der Waals surface area contributed by atoms with E-state index in [9.17, 15) is 4.79 Å². The first-order chi connectivity index (χ1) is 8.72. The number of ether oxygens (including phenoxy) is 1. The fraction of sp³-hybridized carbons (Fsp3) is 0.500. The first kappa shape index (κ1) is 12.7. The van der Waals surface area contributed by atoms with Gasteiger partial charge in [0.05, 0.1) is 0 Å². The van der Waals surface area contributed by atoms with E-state index in [1.165, 1.54) is 5.06 Å². The summed E-state index contributed by atoms with van der Waals surface area (Å²) in [5.74, 6) is 0.747. The van der Waals surface area contributed by atoms with Crippen LogP contribution >= 0.6 is 0 Å². The van der Waals surface area contributed by atoms with Crippen molar-refractivity contribution in [3.63, 3.8) is 0 Å². The van der Waals surface area contributed by atoms with E-state index in [1.807, 2.05) is 31.2 Å². The summed E-state index contributed by atoms with van der Waals surface area (Å²) in [4.78, 5) is 17.2. The standard InChI is InChI=1S/C14H19NO3/c1-3-4-7-12-8-5-6-9-13(12)18-15-11(2)10-17-14(15)16/h5-6,8-9,11H,3-4,7,10H2,1-2H3. The Labute approximate surface area is 107 Å². The molecule has 0 radical (unpaired) electrons. The first-order valence-electron chi connectivity index (χ1n) is 6.44. The third-order valence-electron chi connectivity index (χ3n) is 3.00. The Bertz CT molecular complexity index is 419. The van der Waals surface area contributed by atoms with Gasteiger partial charge in [-0.15, -0.1) is 5.06 Å². The summed E-state index contributed by atoms with van der Waals surface area (Å²) in [6.45, 7) is 4.44. The lowest BCUT2D eigenvalue weighted by atomic mass is 10.1. The van der Waals surface area contributed by atoms with Crippen LogP contribution in [0.25, 0.3) is 0 Å². The van der Waals surface area contributed by atoms with Gasteiger partial charge in [0.2, 0.25) is 0 Å². The molecule has 0 bridgehead atoms. The van der Waals surface area contributed by atoms with E-state index in [-0.39, 0.29) is 6.04 Å². The summed E-state index contributed by atoms with van der Waals surface area (Å²) < 4.78 is 4.93. The summed E-state index contributed by atoms with van der Waals surface area (Å²) in [5, 5.41) is 1.31. The van der Waals surface area contributed by atoms with Crippen molar-refractivity contribution in [3.05, 3.63) is 29.8 Å². The molecule has 4 heteroatoms. The van der Waals surface area contributed by atoms with Crippen molar-refractivity contribution >= 4 is 6.09 Å². The fourth-order valence-corrected chi connectivity index (χ4v) is 1.90. The smallest absolute Gasteiger partial charge is 0.443 e. The Morgan fingerprint density at radius 3 is 2.89 bits per heavy atom. The van der Waals surface area contributed by atoms with Crippen molar-refractivity contribution in [2.24, 2.45) is 0 Å². The number of hydroxylamine groups is 2. The molecule has 1 aliphatic rings. The van der Waals surface area contributed by atoms with Crippen LogP contribution in [0.5, 0.6) is 5.75 Å². The van der Waals surface area contributed by atoms with Crippen LogP contribution in [0.15, 0.2) is 24.3 Å². The van der Waals surface area contributed by atoms with E-state index in [2.05, 4.69) is 6.92 Å². The molecule has 0 aliphatic carbocycles. The monoisotopic (exact) mass is 249 g/mol. The van der Waals surface area contributed by atoms with E-state index in [0.29, 0.717) is 6.61 Å². The lowest BCUT2D eigenvalue weighted by molar-refractivity contribution is -0.0260. The van der Waals surface area contributed by atoms with E-state index < -0.39 is 6.09 Å². The minimum Gasteiger partial charge on any atom is -0.445 e. The van der Waals surface area contributed by atoms with Gasteiger partial charge in [0.15, 0.2) is 5.75 Å². The molecule has 1 aromatic carbocycles. The maximum Gasteiger partial charge on any atom is 0.443 e. The number of para-hydroxylation sites is 1. The van der Waals surface area contributed by atoms with Crippen molar-refractivity contribution in [2.75, 3.05) is 6.61 Å². The van der Waals surface area contributed by atoms with Gasteiger partial charge in [0.25, 0.3) is 0 Å². The highest BCUT2D eigenvalue weighted by atomic mass is 16.7. The number of hydrogen-bond acceptors (Lipinski definition) is 3. The number of carbonyl (C=O) groups is 1. The molecule has 1 saturated heterocycles. The van der Waals surface area contributed by atoms with Crippen LogP contribution in [-0.4, -0.2) is 23.8 Å². The average Bonchev–Trinajstić information content (AvgIpc) is 2.69. The number of carbonyl (C=O) groups excluding carboxylic acids is 1. The highest BCUT2D eigenvalue weighted by molar-refractivity contribution is 5.69. The summed E-state index contributed by atoms with van der Waals surface area (Å²) >= 11 is 0. The number of benzene rings is 1. The van der Waals surface area contributed by atoms with Crippen LogP contribution in [0.2, 0.25) is 0 Å². The lowest BCUT2D eigenvalue weighted by Crippen LogP contribution is -2.34. The topological polar surface area (TPSA) is 38.8 Å². The molecule has 1 fully saturated rings. The van der Waals surface area contributed by atoms with Gasteiger partial charge >= 0.3 is 6.09 Å². The average molecular weight is 249 g/mol. The molecule has 0 spiro atoms.